The molecule has 2 nitrogen and oxygen atoms in total. The van der Waals surface area contributed by atoms with Crippen molar-refractivity contribution >= 4 is 0 Å². The zero-order chi connectivity index (χ0) is 13.6. The molecule has 0 spiro atoms. The average molecular weight is 249 g/mol. The van der Waals surface area contributed by atoms with E-state index in [9.17, 15) is 0 Å². The van der Waals surface area contributed by atoms with Gasteiger partial charge in [0.05, 0.1) is 6.61 Å². The van der Waals surface area contributed by atoms with E-state index in [2.05, 4.69) is 57.3 Å². The van der Waals surface area contributed by atoms with Crippen molar-refractivity contribution in [2.45, 2.75) is 39.0 Å². The van der Waals surface area contributed by atoms with E-state index >= 15 is 0 Å². The van der Waals surface area contributed by atoms with Gasteiger partial charge in [0, 0.05) is 25.6 Å². The van der Waals surface area contributed by atoms with Crippen LogP contribution in [0.25, 0.3) is 0 Å². The normalized spacial score (nSPS) is 12.1. The number of rotatable bonds is 7. The van der Waals surface area contributed by atoms with E-state index in [4.69, 9.17) is 4.74 Å². The Morgan fingerprint density at radius 3 is 2.28 bits per heavy atom. The fourth-order valence-corrected chi connectivity index (χ4v) is 2.00. The summed E-state index contributed by atoms with van der Waals surface area (Å²) in [6.45, 7) is 11.6. The maximum atomic E-state index is 5.04. The summed E-state index contributed by atoms with van der Waals surface area (Å²) in [4.78, 5) is 0. The molecule has 0 saturated heterocycles. The second-order valence-corrected chi connectivity index (χ2v) is 5.83. The van der Waals surface area contributed by atoms with Crippen LogP contribution in [0.2, 0.25) is 0 Å². The highest BCUT2D eigenvalue weighted by Gasteiger charge is 2.19. The molecule has 0 fully saturated rings. The molecule has 0 unspecified atom stereocenters. The Morgan fingerprint density at radius 1 is 1.17 bits per heavy atom. The molecule has 0 heterocycles. The van der Waals surface area contributed by atoms with Gasteiger partial charge in [-0.1, -0.05) is 52.0 Å². The molecule has 0 aliphatic heterocycles. The van der Waals surface area contributed by atoms with Crippen molar-refractivity contribution in [2.75, 3.05) is 26.8 Å². The summed E-state index contributed by atoms with van der Waals surface area (Å²) in [6.07, 6.45) is 0. The van der Waals surface area contributed by atoms with E-state index in [-0.39, 0.29) is 5.41 Å². The third kappa shape index (κ3) is 4.43. The monoisotopic (exact) mass is 249 g/mol. The van der Waals surface area contributed by atoms with Gasteiger partial charge in [0.15, 0.2) is 0 Å². The average Bonchev–Trinajstić information content (AvgIpc) is 2.35. The van der Waals surface area contributed by atoms with Gasteiger partial charge in [0.25, 0.3) is 0 Å². The number of ether oxygens (including phenoxy) is 1. The first-order valence-electron chi connectivity index (χ1n) is 6.77. The van der Waals surface area contributed by atoms with Crippen LogP contribution in [-0.4, -0.2) is 26.8 Å². The summed E-state index contributed by atoms with van der Waals surface area (Å²) < 4.78 is 5.04. The predicted octanol–water partition coefficient (Wildman–Crippen LogP) is 3.32. The van der Waals surface area contributed by atoms with Gasteiger partial charge in [-0.3, -0.25) is 0 Å². The molecule has 0 radical (unpaired) electrons. The van der Waals surface area contributed by atoms with Gasteiger partial charge in [0.1, 0.15) is 0 Å². The third-order valence-corrected chi connectivity index (χ3v) is 3.41. The Kier molecular flexibility index (Phi) is 5.83. The summed E-state index contributed by atoms with van der Waals surface area (Å²) in [5, 5.41) is 3.44. The Hall–Kier alpha value is -0.860. The first-order chi connectivity index (χ1) is 8.47. The highest BCUT2D eigenvalue weighted by atomic mass is 16.5. The highest BCUT2D eigenvalue weighted by molar-refractivity contribution is 5.29. The van der Waals surface area contributed by atoms with E-state index in [0.29, 0.717) is 5.92 Å². The smallest absolute Gasteiger partial charge is 0.0587 e. The maximum absolute atomic E-state index is 5.04. The maximum Gasteiger partial charge on any atom is 0.0587 e. The Labute approximate surface area is 112 Å². The van der Waals surface area contributed by atoms with Gasteiger partial charge in [-0.25, -0.2) is 0 Å². The summed E-state index contributed by atoms with van der Waals surface area (Å²) in [6, 6.07) is 9.01. The molecular formula is C16H27NO. The van der Waals surface area contributed by atoms with Crippen LogP contribution in [0.5, 0.6) is 0 Å². The molecule has 1 aromatic carbocycles. The minimum Gasteiger partial charge on any atom is -0.383 e. The molecule has 1 rings (SSSR count). The molecule has 1 aromatic rings. The van der Waals surface area contributed by atoms with Crippen molar-refractivity contribution < 1.29 is 4.74 Å². The molecule has 1 N–H and O–H groups in total. The lowest BCUT2D eigenvalue weighted by molar-refractivity contribution is 0.197. The lowest BCUT2D eigenvalue weighted by Gasteiger charge is -2.26. The second kappa shape index (κ2) is 6.91. The Bertz CT molecular complexity index is 341. The molecule has 0 saturated carbocycles. The van der Waals surface area contributed by atoms with Crippen molar-refractivity contribution in [1.29, 1.82) is 0 Å². The van der Waals surface area contributed by atoms with Gasteiger partial charge in [0.2, 0.25) is 0 Å². The van der Waals surface area contributed by atoms with Crippen LogP contribution in [-0.2, 0) is 10.2 Å². The minimum absolute atomic E-state index is 0.156. The molecule has 0 bridgehead atoms. The first-order valence-corrected chi connectivity index (χ1v) is 6.77. The second-order valence-electron chi connectivity index (χ2n) is 5.83. The number of nitrogens with one attached hydrogen (secondary N) is 1. The SMILES string of the molecule is COCCNCC(C)(C)c1ccc(C(C)C)cc1. The van der Waals surface area contributed by atoms with Crippen LogP contribution in [0, 0.1) is 0 Å². The molecule has 18 heavy (non-hydrogen) atoms. The number of methoxy groups -OCH3 is 1. The molecular weight excluding hydrogens is 222 g/mol. The number of benzene rings is 1. The van der Waals surface area contributed by atoms with E-state index in [1.54, 1.807) is 7.11 Å². The molecule has 0 amide bonds. The third-order valence-electron chi connectivity index (χ3n) is 3.41. The molecule has 102 valence electrons. The standard InChI is InChI=1S/C16H27NO/c1-13(2)14-6-8-15(9-7-14)16(3,4)12-17-10-11-18-5/h6-9,13,17H,10-12H2,1-5H3. The van der Waals surface area contributed by atoms with Crippen LogP contribution < -0.4 is 5.32 Å². The van der Waals surface area contributed by atoms with Crippen molar-refractivity contribution in [1.82, 2.24) is 5.32 Å². The van der Waals surface area contributed by atoms with E-state index < -0.39 is 0 Å². The summed E-state index contributed by atoms with van der Waals surface area (Å²) in [5.41, 5.74) is 2.95. The van der Waals surface area contributed by atoms with E-state index in [0.717, 1.165) is 19.7 Å². The molecule has 2 heteroatoms. The molecule has 0 aliphatic carbocycles. The molecule has 0 atom stereocenters. The van der Waals surface area contributed by atoms with E-state index in [1.807, 2.05) is 0 Å². The topological polar surface area (TPSA) is 21.3 Å². The zero-order valence-corrected chi connectivity index (χ0v) is 12.4. The quantitative estimate of drug-likeness (QED) is 0.748. The number of hydrogen-bond donors (Lipinski definition) is 1. The van der Waals surface area contributed by atoms with Crippen LogP contribution in [0.3, 0.4) is 0 Å². The van der Waals surface area contributed by atoms with Crippen molar-refractivity contribution in [3.63, 3.8) is 0 Å². The van der Waals surface area contributed by atoms with Gasteiger partial charge < -0.3 is 10.1 Å². The number of hydrogen-bond acceptors (Lipinski definition) is 2. The summed E-state index contributed by atoms with van der Waals surface area (Å²) >= 11 is 0. The van der Waals surface area contributed by atoms with Crippen LogP contribution >= 0.6 is 0 Å². The predicted molar refractivity (Wildman–Crippen MR) is 78.3 cm³/mol. The van der Waals surface area contributed by atoms with Crippen molar-refractivity contribution in [2.24, 2.45) is 0 Å². The van der Waals surface area contributed by atoms with Crippen LogP contribution in [0.1, 0.15) is 44.7 Å². The van der Waals surface area contributed by atoms with Crippen molar-refractivity contribution in [3.05, 3.63) is 35.4 Å². The van der Waals surface area contributed by atoms with Gasteiger partial charge >= 0.3 is 0 Å². The van der Waals surface area contributed by atoms with E-state index in [1.165, 1.54) is 11.1 Å². The van der Waals surface area contributed by atoms with Crippen molar-refractivity contribution in [3.8, 4) is 0 Å². The summed E-state index contributed by atoms with van der Waals surface area (Å²) in [7, 11) is 1.73. The lowest BCUT2D eigenvalue weighted by atomic mass is 9.83. The molecule has 0 aliphatic rings. The zero-order valence-electron chi connectivity index (χ0n) is 12.4. The fraction of sp³-hybridized carbons (Fsp3) is 0.625. The first kappa shape index (κ1) is 15.2. The van der Waals surface area contributed by atoms with Crippen LogP contribution in [0.4, 0.5) is 0 Å². The Morgan fingerprint density at radius 2 is 1.78 bits per heavy atom. The highest BCUT2D eigenvalue weighted by Crippen LogP contribution is 2.24. The van der Waals surface area contributed by atoms with Gasteiger partial charge in [-0.2, -0.15) is 0 Å². The van der Waals surface area contributed by atoms with Gasteiger partial charge in [-0.15, -0.1) is 0 Å². The molecule has 0 aromatic heterocycles. The summed E-state index contributed by atoms with van der Waals surface area (Å²) in [5.74, 6) is 0.599. The van der Waals surface area contributed by atoms with Gasteiger partial charge in [-0.05, 0) is 17.0 Å². The Balaban J connectivity index is 2.60. The minimum atomic E-state index is 0.156. The lowest BCUT2D eigenvalue weighted by Crippen LogP contribution is -2.34. The van der Waals surface area contributed by atoms with Crippen LogP contribution in [0.15, 0.2) is 24.3 Å². The largest absolute Gasteiger partial charge is 0.383 e. The fourth-order valence-electron chi connectivity index (χ4n) is 2.00.